The molecule has 0 aromatic heterocycles. The Morgan fingerprint density at radius 2 is 1.05 bits per heavy atom. The van der Waals surface area contributed by atoms with Crippen LogP contribution in [-0.2, 0) is 9.22 Å². The maximum absolute atomic E-state index is 6.46. The standard InChI is InChI=1S/C4H10N.3C4H9O.Sn/c1-3-4-5-2;3*1-4(2,3)5;/h5H,1,3-4H2,2H3;3*1-3H3;/q;3*-1;+3. The number of hydrogen-bond acceptors (Lipinski definition) is 4. The second kappa shape index (κ2) is 7.95. The fourth-order valence-electron chi connectivity index (χ4n) is 2.10. The summed E-state index contributed by atoms with van der Waals surface area (Å²) in [5, 5.41) is 3.20. The zero-order chi connectivity index (χ0) is 16.9. The second-order valence-electron chi connectivity index (χ2n) is 8.53. The third-order valence-electron chi connectivity index (χ3n) is 2.29. The van der Waals surface area contributed by atoms with Gasteiger partial charge in [0.2, 0.25) is 0 Å². The quantitative estimate of drug-likeness (QED) is 0.509. The van der Waals surface area contributed by atoms with Gasteiger partial charge in [-0.25, -0.2) is 0 Å². The molecule has 128 valence electrons. The van der Waals surface area contributed by atoms with Gasteiger partial charge in [0, 0.05) is 0 Å². The molecule has 0 saturated heterocycles. The molecule has 0 aromatic carbocycles. The van der Waals surface area contributed by atoms with Crippen molar-refractivity contribution >= 4 is 19.6 Å². The van der Waals surface area contributed by atoms with E-state index in [1.54, 1.807) is 0 Å². The van der Waals surface area contributed by atoms with Crippen LogP contribution in [0, 0.1) is 0 Å². The molecular weight excluding hydrogens is 373 g/mol. The first-order valence-corrected chi connectivity index (χ1v) is 13.4. The first-order chi connectivity index (χ1) is 9.18. The van der Waals surface area contributed by atoms with Crippen LogP contribution in [0.1, 0.15) is 68.7 Å². The van der Waals surface area contributed by atoms with E-state index in [4.69, 9.17) is 9.22 Å². The Morgan fingerprint density at radius 3 is 1.29 bits per heavy atom. The van der Waals surface area contributed by atoms with Gasteiger partial charge in [0.25, 0.3) is 0 Å². The molecule has 0 bridgehead atoms. The summed E-state index contributed by atoms with van der Waals surface area (Å²) in [4.78, 5) is 0. The molecule has 0 unspecified atom stereocenters. The molecule has 0 spiro atoms. The molecule has 0 aliphatic rings. The summed E-state index contributed by atoms with van der Waals surface area (Å²) in [7, 11) is 1.97. The molecule has 0 saturated carbocycles. The van der Waals surface area contributed by atoms with Gasteiger partial charge in [-0.05, 0) is 0 Å². The molecule has 21 heavy (non-hydrogen) atoms. The Labute approximate surface area is 137 Å². The van der Waals surface area contributed by atoms with Crippen molar-refractivity contribution in [2.75, 3.05) is 13.6 Å². The number of rotatable bonds is 7. The van der Waals surface area contributed by atoms with Gasteiger partial charge in [-0.1, -0.05) is 0 Å². The Bertz CT molecular complexity index is 259. The van der Waals surface area contributed by atoms with Crippen LogP contribution in [-0.4, -0.2) is 50.0 Å². The van der Waals surface area contributed by atoms with Crippen molar-refractivity contribution in [2.45, 2.75) is 90.0 Å². The zero-order valence-corrected chi connectivity index (χ0v) is 18.7. The molecule has 0 aromatic rings. The van der Waals surface area contributed by atoms with E-state index in [9.17, 15) is 0 Å². The summed E-state index contributed by atoms with van der Waals surface area (Å²) in [6.45, 7) is 19.7. The average Bonchev–Trinajstić information content (AvgIpc) is 2.08. The summed E-state index contributed by atoms with van der Waals surface area (Å²) >= 11 is -3.67. The molecule has 0 fully saturated rings. The van der Waals surface area contributed by atoms with E-state index in [1.165, 1.54) is 0 Å². The van der Waals surface area contributed by atoms with E-state index in [0.29, 0.717) is 0 Å². The van der Waals surface area contributed by atoms with Crippen molar-refractivity contribution in [1.82, 2.24) is 5.32 Å². The molecule has 5 heteroatoms. The summed E-state index contributed by atoms with van der Waals surface area (Å²) in [6.07, 6.45) is 1.01. The van der Waals surface area contributed by atoms with E-state index >= 15 is 0 Å². The normalized spacial score (nSPS) is 14.6. The summed E-state index contributed by atoms with van der Waals surface area (Å²) in [5.41, 5.74) is -0.773. The summed E-state index contributed by atoms with van der Waals surface area (Å²) in [6, 6.07) is 0. The molecule has 0 radical (unpaired) electrons. The monoisotopic (exact) mass is 411 g/mol. The van der Waals surface area contributed by atoms with E-state index in [1.807, 2.05) is 7.05 Å². The summed E-state index contributed by atoms with van der Waals surface area (Å²) < 4.78 is 20.3. The molecule has 0 aliphatic heterocycles. The zero-order valence-electron chi connectivity index (χ0n) is 15.8. The van der Waals surface area contributed by atoms with Gasteiger partial charge in [0.1, 0.15) is 0 Å². The first-order valence-electron chi connectivity index (χ1n) is 7.93. The predicted molar refractivity (Wildman–Crippen MR) is 91.6 cm³/mol. The second-order valence-corrected chi connectivity index (χ2v) is 15.6. The topological polar surface area (TPSA) is 39.7 Å². The van der Waals surface area contributed by atoms with E-state index in [2.05, 4.69) is 67.6 Å². The minimum absolute atomic E-state index is 0.258. The van der Waals surface area contributed by atoms with Crippen molar-refractivity contribution in [3.63, 3.8) is 0 Å². The molecule has 1 N–H and O–H groups in total. The summed E-state index contributed by atoms with van der Waals surface area (Å²) in [5.74, 6) is 0. The number of hydrogen-bond donors (Lipinski definition) is 1. The van der Waals surface area contributed by atoms with Crippen LogP contribution in [0.5, 0.6) is 0 Å². The van der Waals surface area contributed by atoms with Crippen molar-refractivity contribution in [3.8, 4) is 0 Å². The predicted octanol–water partition coefficient (Wildman–Crippen LogP) is 3.98. The van der Waals surface area contributed by atoms with Crippen molar-refractivity contribution < 1.29 is 9.22 Å². The van der Waals surface area contributed by atoms with E-state index < -0.39 is 19.6 Å². The van der Waals surface area contributed by atoms with Crippen LogP contribution in [0.4, 0.5) is 0 Å². The fourth-order valence-corrected chi connectivity index (χ4v) is 13.1. The Morgan fingerprint density at radius 1 is 0.714 bits per heavy atom. The molecular formula is C16H37NO3Sn. The van der Waals surface area contributed by atoms with Crippen molar-refractivity contribution in [3.05, 3.63) is 0 Å². The van der Waals surface area contributed by atoms with Gasteiger partial charge >= 0.3 is 138 Å². The number of nitrogens with one attached hydrogen (secondary N) is 1. The minimum atomic E-state index is -3.67. The Hall–Kier alpha value is 0.639. The van der Waals surface area contributed by atoms with Gasteiger partial charge in [-0.2, -0.15) is 0 Å². The van der Waals surface area contributed by atoms with Crippen LogP contribution in [0.3, 0.4) is 0 Å². The van der Waals surface area contributed by atoms with E-state index in [-0.39, 0.29) is 16.8 Å². The van der Waals surface area contributed by atoms with Gasteiger partial charge < -0.3 is 0 Å². The third kappa shape index (κ3) is 11.8. The van der Waals surface area contributed by atoms with Crippen LogP contribution in [0.15, 0.2) is 0 Å². The Balaban J connectivity index is 5.36. The SMILES string of the molecule is CNCC[CH2][Sn]([O]C(C)(C)C)([O]C(C)(C)C)[O]C(C)(C)C. The Kier molecular flexibility index (Phi) is 8.19. The molecule has 0 aliphatic carbocycles. The van der Waals surface area contributed by atoms with Gasteiger partial charge in [-0.3, -0.25) is 0 Å². The van der Waals surface area contributed by atoms with Crippen molar-refractivity contribution in [1.29, 1.82) is 0 Å². The van der Waals surface area contributed by atoms with Crippen LogP contribution >= 0.6 is 0 Å². The molecule has 4 nitrogen and oxygen atoms in total. The first kappa shape index (κ1) is 21.6. The van der Waals surface area contributed by atoms with Crippen molar-refractivity contribution in [2.24, 2.45) is 0 Å². The van der Waals surface area contributed by atoms with Crippen LogP contribution in [0.2, 0.25) is 4.44 Å². The molecule has 0 rings (SSSR count). The van der Waals surface area contributed by atoms with Crippen LogP contribution < -0.4 is 5.32 Å². The third-order valence-corrected chi connectivity index (χ3v) is 13.0. The van der Waals surface area contributed by atoms with Gasteiger partial charge in [-0.15, -0.1) is 0 Å². The maximum atomic E-state index is 6.46. The fraction of sp³-hybridized carbons (Fsp3) is 1.00. The van der Waals surface area contributed by atoms with Gasteiger partial charge in [0.15, 0.2) is 0 Å². The molecule has 0 amide bonds. The van der Waals surface area contributed by atoms with Gasteiger partial charge in [0.05, 0.1) is 0 Å². The average molecular weight is 410 g/mol. The molecule has 0 heterocycles. The van der Waals surface area contributed by atoms with E-state index in [0.717, 1.165) is 17.4 Å². The van der Waals surface area contributed by atoms with Crippen LogP contribution in [0.25, 0.3) is 0 Å². The molecule has 0 atom stereocenters.